The summed E-state index contributed by atoms with van der Waals surface area (Å²) in [6, 6.07) is 25.6. The van der Waals surface area contributed by atoms with Crippen LogP contribution in [0.1, 0.15) is 36.1 Å². The number of benzene rings is 3. The normalized spacial score (nSPS) is 12.1. The SMILES string of the molecule is CCn1c(=O)n(CCC(=O)NC(c2ccccc2)c2ccc(C)cc2)c2ccccc21. The number of hydrogen-bond acceptors (Lipinski definition) is 2. The molecule has 0 fully saturated rings. The number of para-hydroxylation sites is 2. The molecule has 0 radical (unpaired) electrons. The van der Waals surface area contributed by atoms with Gasteiger partial charge in [-0.15, -0.1) is 0 Å². The topological polar surface area (TPSA) is 56.0 Å². The predicted octanol–water partition coefficient (Wildman–Crippen LogP) is 4.43. The highest BCUT2D eigenvalue weighted by molar-refractivity contribution is 5.78. The summed E-state index contributed by atoms with van der Waals surface area (Å²) in [5.74, 6) is -0.0883. The smallest absolute Gasteiger partial charge is 0.329 e. The summed E-state index contributed by atoms with van der Waals surface area (Å²) in [7, 11) is 0. The molecule has 0 saturated heterocycles. The molecular formula is C26H27N3O2. The average molecular weight is 414 g/mol. The number of imidazole rings is 1. The van der Waals surface area contributed by atoms with Gasteiger partial charge in [0.15, 0.2) is 0 Å². The van der Waals surface area contributed by atoms with E-state index in [-0.39, 0.29) is 24.1 Å². The van der Waals surface area contributed by atoms with E-state index in [4.69, 9.17) is 0 Å². The molecule has 0 spiro atoms. The van der Waals surface area contributed by atoms with Crippen molar-refractivity contribution in [3.05, 3.63) is 106 Å². The largest absolute Gasteiger partial charge is 0.345 e. The molecule has 5 nitrogen and oxygen atoms in total. The maximum Gasteiger partial charge on any atom is 0.329 e. The molecule has 0 saturated carbocycles. The molecule has 0 aliphatic heterocycles. The molecule has 31 heavy (non-hydrogen) atoms. The summed E-state index contributed by atoms with van der Waals surface area (Å²) in [6.45, 7) is 4.94. The van der Waals surface area contributed by atoms with Crippen molar-refractivity contribution in [1.29, 1.82) is 0 Å². The number of nitrogens with one attached hydrogen (secondary N) is 1. The quantitative estimate of drug-likeness (QED) is 0.487. The van der Waals surface area contributed by atoms with Gasteiger partial charge in [-0.25, -0.2) is 4.79 Å². The van der Waals surface area contributed by atoms with Crippen LogP contribution in [0.4, 0.5) is 0 Å². The fourth-order valence-electron chi connectivity index (χ4n) is 4.00. The predicted molar refractivity (Wildman–Crippen MR) is 124 cm³/mol. The number of aryl methyl sites for hydroxylation is 3. The van der Waals surface area contributed by atoms with Crippen LogP contribution < -0.4 is 11.0 Å². The third-order valence-electron chi connectivity index (χ3n) is 5.65. The molecule has 1 N–H and O–H groups in total. The van der Waals surface area contributed by atoms with Crippen LogP contribution in [-0.4, -0.2) is 15.0 Å². The first-order valence-corrected chi connectivity index (χ1v) is 10.7. The van der Waals surface area contributed by atoms with Gasteiger partial charge in [0.25, 0.3) is 0 Å². The highest BCUT2D eigenvalue weighted by Gasteiger charge is 2.18. The summed E-state index contributed by atoms with van der Waals surface area (Å²) >= 11 is 0. The van der Waals surface area contributed by atoms with Crippen molar-refractivity contribution < 1.29 is 4.79 Å². The standard InChI is InChI=1S/C26H27N3O2/c1-3-28-22-11-7-8-12-23(22)29(26(28)31)18-17-24(30)27-25(20-9-5-4-6-10-20)21-15-13-19(2)14-16-21/h4-16,25H,3,17-18H2,1-2H3,(H,27,30). The number of rotatable bonds is 7. The number of hydrogen-bond donors (Lipinski definition) is 1. The zero-order chi connectivity index (χ0) is 21.8. The maximum absolute atomic E-state index is 12.9. The van der Waals surface area contributed by atoms with E-state index < -0.39 is 0 Å². The van der Waals surface area contributed by atoms with Crippen molar-refractivity contribution in [2.75, 3.05) is 0 Å². The highest BCUT2D eigenvalue weighted by Crippen LogP contribution is 2.22. The lowest BCUT2D eigenvalue weighted by atomic mass is 9.97. The van der Waals surface area contributed by atoms with Crippen LogP contribution in [0, 0.1) is 6.92 Å². The van der Waals surface area contributed by atoms with Crippen LogP contribution in [0.15, 0.2) is 83.7 Å². The summed E-state index contributed by atoms with van der Waals surface area (Å²) < 4.78 is 3.44. The van der Waals surface area contributed by atoms with Gasteiger partial charge in [0.05, 0.1) is 17.1 Å². The van der Waals surface area contributed by atoms with Crippen LogP contribution in [0.3, 0.4) is 0 Å². The summed E-state index contributed by atoms with van der Waals surface area (Å²) in [5.41, 5.74) is 4.92. The third-order valence-corrected chi connectivity index (χ3v) is 5.65. The highest BCUT2D eigenvalue weighted by atomic mass is 16.2. The Kier molecular flexibility index (Phi) is 6.03. The molecule has 0 aliphatic carbocycles. The maximum atomic E-state index is 12.9. The van der Waals surface area contributed by atoms with E-state index in [1.807, 2.05) is 80.6 Å². The Bertz CT molecular complexity index is 1240. The second-order valence-electron chi connectivity index (χ2n) is 7.74. The van der Waals surface area contributed by atoms with E-state index in [0.717, 1.165) is 22.2 Å². The van der Waals surface area contributed by atoms with Gasteiger partial charge >= 0.3 is 5.69 Å². The molecule has 3 aromatic carbocycles. The Morgan fingerprint density at radius 2 is 1.42 bits per heavy atom. The van der Waals surface area contributed by atoms with Gasteiger partial charge in [-0.2, -0.15) is 0 Å². The third kappa shape index (κ3) is 4.31. The fraction of sp³-hybridized carbons (Fsp3) is 0.231. The number of amides is 1. The Hall–Kier alpha value is -3.60. The van der Waals surface area contributed by atoms with Gasteiger partial charge in [0.1, 0.15) is 0 Å². The van der Waals surface area contributed by atoms with Gasteiger partial charge in [-0.05, 0) is 37.1 Å². The Morgan fingerprint density at radius 1 is 0.839 bits per heavy atom. The summed E-state index contributed by atoms with van der Waals surface area (Å²) in [4.78, 5) is 25.8. The lowest BCUT2D eigenvalue weighted by Crippen LogP contribution is -2.31. The second-order valence-corrected chi connectivity index (χ2v) is 7.74. The van der Waals surface area contributed by atoms with Crippen molar-refractivity contribution in [1.82, 2.24) is 14.5 Å². The van der Waals surface area contributed by atoms with Gasteiger partial charge in [0.2, 0.25) is 5.91 Å². The molecule has 1 heterocycles. The number of carbonyl (C=O) groups excluding carboxylic acids is 1. The van der Waals surface area contributed by atoms with Crippen molar-refractivity contribution in [3.63, 3.8) is 0 Å². The molecule has 4 aromatic rings. The van der Waals surface area contributed by atoms with Crippen molar-refractivity contribution >= 4 is 16.9 Å². The molecular weight excluding hydrogens is 386 g/mol. The Morgan fingerprint density at radius 3 is 2.06 bits per heavy atom. The van der Waals surface area contributed by atoms with E-state index >= 15 is 0 Å². The zero-order valence-electron chi connectivity index (χ0n) is 17.9. The van der Waals surface area contributed by atoms with E-state index in [1.54, 1.807) is 9.13 Å². The first-order valence-electron chi connectivity index (χ1n) is 10.7. The number of nitrogens with zero attached hydrogens (tertiary/aromatic N) is 2. The second kappa shape index (κ2) is 9.04. The summed E-state index contributed by atoms with van der Waals surface area (Å²) in [5, 5.41) is 3.17. The molecule has 1 unspecified atom stereocenters. The van der Waals surface area contributed by atoms with Crippen LogP contribution >= 0.6 is 0 Å². The lowest BCUT2D eigenvalue weighted by Gasteiger charge is -2.20. The number of aromatic nitrogens is 2. The van der Waals surface area contributed by atoms with Crippen LogP contribution in [0.2, 0.25) is 0 Å². The molecule has 1 aromatic heterocycles. The molecule has 0 aliphatic rings. The van der Waals surface area contributed by atoms with Gasteiger partial charge in [-0.1, -0.05) is 72.3 Å². The zero-order valence-corrected chi connectivity index (χ0v) is 17.9. The van der Waals surface area contributed by atoms with E-state index in [0.29, 0.717) is 13.1 Å². The molecule has 1 atom stereocenters. The Labute approximate surface area is 182 Å². The van der Waals surface area contributed by atoms with Crippen LogP contribution in [0.25, 0.3) is 11.0 Å². The minimum atomic E-state index is -0.233. The lowest BCUT2D eigenvalue weighted by molar-refractivity contribution is -0.121. The minimum absolute atomic E-state index is 0.0744. The molecule has 0 bridgehead atoms. The Balaban J connectivity index is 1.55. The van der Waals surface area contributed by atoms with Crippen molar-refractivity contribution in [2.45, 2.75) is 39.4 Å². The van der Waals surface area contributed by atoms with Crippen molar-refractivity contribution in [2.24, 2.45) is 0 Å². The van der Waals surface area contributed by atoms with Crippen LogP contribution in [0.5, 0.6) is 0 Å². The van der Waals surface area contributed by atoms with Crippen LogP contribution in [-0.2, 0) is 17.9 Å². The minimum Gasteiger partial charge on any atom is -0.345 e. The van der Waals surface area contributed by atoms with Gasteiger partial charge in [-0.3, -0.25) is 13.9 Å². The molecule has 4 rings (SSSR count). The first kappa shape index (κ1) is 20.7. The fourth-order valence-corrected chi connectivity index (χ4v) is 4.00. The molecule has 5 heteroatoms. The number of fused-ring (bicyclic) bond motifs is 1. The van der Waals surface area contributed by atoms with E-state index in [2.05, 4.69) is 17.4 Å². The van der Waals surface area contributed by atoms with Crippen molar-refractivity contribution in [3.8, 4) is 0 Å². The average Bonchev–Trinajstić information content (AvgIpc) is 3.07. The monoisotopic (exact) mass is 413 g/mol. The van der Waals surface area contributed by atoms with E-state index in [1.165, 1.54) is 5.56 Å². The molecule has 1 amide bonds. The first-order chi connectivity index (χ1) is 15.1. The molecule has 158 valence electrons. The van der Waals surface area contributed by atoms with E-state index in [9.17, 15) is 9.59 Å². The summed E-state index contributed by atoms with van der Waals surface area (Å²) in [6.07, 6.45) is 0.229. The van der Waals surface area contributed by atoms with Gasteiger partial charge in [0, 0.05) is 19.5 Å². The van der Waals surface area contributed by atoms with Gasteiger partial charge < -0.3 is 5.32 Å². The number of carbonyl (C=O) groups is 1.